The molecule has 150 valence electrons. The lowest BCUT2D eigenvalue weighted by Crippen LogP contribution is -2.41. The number of nitrogens with zero attached hydrogens (tertiary/aromatic N) is 1. The fourth-order valence-electron chi connectivity index (χ4n) is 3.05. The van der Waals surface area contributed by atoms with Gasteiger partial charge in [-0.3, -0.25) is 14.5 Å². The number of urea groups is 1. The highest BCUT2D eigenvalue weighted by atomic mass is 16.5. The number of rotatable bonds is 6. The Balaban J connectivity index is 1.63. The van der Waals surface area contributed by atoms with Gasteiger partial charge in [0.05, 0.1) is 12.7 Å². The van der Waals surface area contributed by atoms with E-state index in [-0.39, 0.29) is 6.61 Å². The summed E-state index contributed by atoms with van der Waals surface area (Å²) >= 11 is 0. The maximum atomic E-state index is 12.8. The van der Waals surface area contributed by atoms with E-state index in [2.05, 4.69) is 10.1 Å². The summed E-state index contributed by atoms with van der Waals surface area (Å²) in [6.45, 7) is 0.971. The molecule has 1 aliphatic heterocycles. The van der Waals surface area contributed by atoms with Crippen LogP contribution in [0, 0.1) is 0 Å². The lowest BCUT2D eigenvalue weighted by atomic mass is 9.92. The van der Waals surface area contributed by atoms with E-state index >= 15 is 0 Å². The molecule has 3 rings (SSSR count). The van der Waals surface area contributed by atoms with E-state index in [0.29, 0.717) is 16.7 Å². The summed E-state index contributed by atoms with van der Waals surface area (Å²) in [6, 6.07) is 14.6. The van der Waals surface area contributed by atoms with Crippen molar-refractivity contribution in [1.82, 2.24) is 10.2 Å². The molecule has 8 heteroatoms. The molecule has 8 nitrogen and oxygen atoms in total. The molecule has 0 aliphatic carbocycles. The van der Waals surface area contributed by atoms with Gasteiger partial charge in [0.1, 0.15) is 18.7 Å². The average molecular weight is 396 g/mol. The number of benzene rings is 2. The molecule has 3 amide bonds. The van der Waals surface area contributed by atoms with Crippen LogP contribution in [0.2, 0.25) is 0 Å². The third-order valence-corrected chi connectivity index (χ3v) is 4.66. The van der Waals surface area contributed by atoms with Crippen molar-refractivity contribution in [2.24, 2.45) is 0 Å². The molecule has 0 aromatic heterocycles. The van der Waals surface area contributed by atoms with Gasteiger partial charge in [0.25, 0.3) is 5.91 Å². The lowest BCUT2D eigenvalue weighted by molar-refractivity contribution is -0.148. The monoisotopic (exact) mass is 396 g/mol. The minimum atomic E-state index is -1.24. The molecule has 0 unspecified atom stereocenters. The van der Waals surface area contributed by atoms with Gasteiger partial charge in [0, 0.05) is 0 Å². The van der Waals surface area contributed by atoms with Crippen molar-refractivity contribution in [3.05, 3.63) is 71.3 Å². The summed E-state index contributed by atoms with van der Waals surface area (Å²) in [5, 5.41) is 2.63. The van der Waals surface area contributed by atoms with Crippen LogP contribution in [0.15, 0.2) is 54.6 Å². The Bertz CT molecular complexity index is 959. The quantitative estimate of drug-likeness (QED) is 0.592. The molecule has 0 spiro atoms. The molecule has 1 heterocycles. The molecule has 1 fully saturated rings. The zero-order chi connectivity index (χ0) is 21.0. The Morgan fingerprint density at radius 2 is 1.79 bits per heavy atom. The van der Waals surface area contributed by atoms with E-state index < -0.39 is 36.0 Å². The highest BCUT2D eigenvalue weighted by Crippen LogP contribution is 2.28. The summed E-state index contributed by atoms with van der Waals surface area (Å²) < 4.78 is 9.81. The van der Waals surface area contributed by atoms with Gasteiger partial charge in [-0.25, -0.2) is 9.59 Å². The number of hydrogen-bond donors (Lipinski definition) is 1. The maximum Gasteiger partial charge on any atom is 0.337 e. The molecular formula is C21H20N2O6. The Hall–Kier alpha value is -3.68. The van der Waals surface area contributed by atoms with Crippen molar-refractivity contribution < 1.29 is 28.7 Å². The predicted molar refractivity (Wildman–Crippen MR) is 102 cm³/mol. The summed E-state index contributed by atoms with van der Waals surface area (Å²) in [6.07, 6.45) is 0. The normalized spacial score (nSPS) is 18.3. The Labute approximate surface area is 167 Å². The first-order chi connectivity index (χ1) is 13.8. The largest absolute Gasteiger partial charge is 0.465 e. The number of methoxy groups -OCH3 is 1. The van der Waals surface area contributed by atoms with Gasteiger partial charge in [0.2, 0.25) is 0 Å². The molecule has 1 N–H and O–H groups in total. The SMILES string of the molecule is COC(=O)c1cccc(COC(=O)CN2C(=O)N[C@](C)(c3ccccc3)C2=O)c1. The Morgan fingerprint density at radius 3 is 2.48 bits per heavy atom. The number of amides is 3. The number of carbonyl (C=O) groups excluding carboxylic acids is 4. The van der Waals surface area contributed by atoms with E-state index in [0.717, 1.165) is 4.90 Å². The summed E-state index contributed by atoms with van der Waals surface area (Å²) in [7, 11) is 1.27. The van der Waals surface area contributed by atoms with Crippen LogP contribution >= 0.6 is 0 Å². The van der Waals surface area contributed by atoms with Crippen LogP contribution < -0.4 is 5.32 Å². The predicted octanol–water partition coefficient (Wildman–Crippen LogP) is 1.98. The van der Waals surface area contributed by atoms with Crippen molar-refractivity contribution in [3.8, 4) is 0 Å². The first kappa shape index (κ1) is 20.1. The van der Waals surface area contributed by atoms with Crippen molar-refractivity contribution in [2.75, 3.05) is 13.7 Å². The molecule has 2 aromatic rings. The summed E-state index contributed by atoms with van der Waals surface area (Å²) in [5.74, 6) is -1.77. The average Bonchev–Trinajstić information content (AvgIpc) is 2.96. The molecule has 29 heavy (non-hydrogen) atoms. The third-order valence-electron chi connectivity index (χ3n) is 4.66. The van der Waals surface area contributed by atoms with E-state index in [1.165, 1.54) is 7.11 Å². The third kappa shape index (κ3) is 4.11. The van der Waals surface area contributed by atoms with E-state index in [1.807, 2.05) is 0 Å². The first-order valence-corrected chi connectivity index (χ1v) is 8.87. The van der Waals surface area contributed by atoms with Gasteiger partial charge in [-0.15, -0.1) is 0 Å². The number of carbonyl (C=O) groups is 4. The second-order valence-electron chi connectivity index (χ2n) is 6.67. The first-order valence-electron chi connectivity index (χ1n) is 8.87. The highest BCUT2D eigenvalue weighted by Gasteiger charge is 2.49. The van der Waals surface area contributed by atoms with E-state index in [4.69, 9.17) is 4.74 Å². The fourth-order valence-corrected chi connectivity index (χ4v) is 3.05. The second kappa shape index (κ2) is 8.14. The minimum Gasteiger partial charge on any atom is -0.465 e. The number of ether oxygens (including phenoxy) is 2. The van der Waals surface area contributed by atoms with E-state index in [1.54, 1.807) is 61.5 Å². The summed E-state index contributed by atoms with van der Waals surface area (Å²) in [4.78, 5) is 49.7. The summed E-state index contributed by atoms with van der Waals surface area (Å²) in [5.41, 5.74) is 0.281. The van der Waals surface area contributed by atoms with Crippen molar-refractivity contribution in [2.45, 2.75) is 19.1 Å². The van der Waals surface area contributed by atoms with Gasteiger partial charge in [0.15, 0.2) is 0 Å². The van der Waals surface area contributed by atoms with Gasteiger partial charge in [-0.1, -0.05) is 42.5 Å². The van der Waals surface area contributed by atoms with Crippen molar-refractivity contribution in [1.29, 1.82) is 0 Å². The van der Waals surface area contributed by atoms with Crippen molar-refractivity contribution in [3.63, 3.8) is 0 Å². The molecule has 0 saturated carbocycles. The molecule has 0 bridgehead atoms. The zero-order valence-corrected chi connectivity index (χ0v) is 16.0. The van der Waals surface area contributed by atoms with Crippen LogP contribution in [-0.2, 0) is 31.2 Å². The van der Waals surface area contributed by atoms with Crippen LogP contribution in [0.25, 0.3) is 0 Å². The highest BCUT2D eigenvalue weighted by molar-refractivity contribution is 6.08. The van der Waals surface area contributed by atoms with Crippen LogP contribution in [0.4, 0.5) is 4.79 Å². The number of imide groups is 1. The van der Waals surface area contributed by atoms with Gasteiger partial charge >= 0.3 is 18.0 Å². The minimum absolute atomic E-state index is 0.108. The standard InChI is InChI=1S/C21H20N2O6/c1-21(16-9-4-3-5-10-16)19(26)23(20(27)22-21)12-17(24)29-13-14-7-6-8-15(11-14)18(25)28-2/h3-11H,12-13H2,1-2H3,(H,22,27)/t21-/m1/s1. The Morgan fingerprint density at radius 1 is 1.07 bits per heavy atom. The smallest absolute Gasteiger partial charge is 0.337 e. The van der Waals surface area contributed by atoms with E-state index in [9.17, 15) is 19.2 Å². The number of nitrogens with one attached hydrogen (secondary N) is 1. The topological polar surface area (TPSA) is 102 Å². The molecule has 1 aliphatic rings. The van der Waals surface area contributed by atoms with Crippen molar-refractivity contribution >= 4 is 23.9 Å². The number of esters is 2. The van der Waals surface area contributed by atoms with Crippen LogP contribution in [0.5, 0.6) is 0 Å². The maximum absolute atomic E-state index is 12.8. The van der Waals surface area contributed by atoms with Gasteiger partial charge < -0.3 is 14.8 Å². The molecule has 2 aromatic carbocycles. The second-order valence-corrected chi connectivity index (χ2v) is 6.67. The van der Waals surface area contributed by atoms with Gasteiger partial charge in [-0.2, -0.15) is 0 Å². The Kier molecular flexibility index (Phi) is 5.63. The van der Waals surface area contributed by atoms with Gasteiger partial charge in [-0.05, 0) is 30.2 Å². The van der Waals surface area contributed by atoms with Crippen LogP contribution in [0.1, 0.15) is 28.4 Å². The molecule has 0 radical (unpaired) electrons. The van der Waals surface area contributed by atoms with Crippen LogP contribution in [-0.4, -0.2) is 42.4 Å². The fraction of sp³-hybridized carbons (Fsp3) is 0.238. The molecule has 1 atom stereocenters. The molecule has 1 saturated heterocycles. The molecular weight excluding hydrogens is 376 g/mol. The lowest BCUT2D eigenvalue weighted by Gasteiger charge is -2.21. The zero-order valence-electron chi connectivity index (χ0n) is 16.0. The van der Waals surface area contributed by atoms with Crippen LogP contribution in [0.3, 0.4) is 0 Å². The number of hydrogen-bond acceptors (Lipinski definition) is 6.